The minimum Gasteiger partial charge on any atom is -0.351 e. The standard InChI is InChI=1S/C18H28N2O3S/c1-15(2)20(17-11-7-4-8-12-17)24(22,23)14-13-19-18(21)16-9-5-3-6-10-16/h3,5-6,9-10,15,17H,4,7-8,11-14H2,1-2H3,(H,19,21). The first-order valence-corrected chi connectivity index (χ1v) is 10.4. The fraction of sp³-hybridized carbons (Fsp3) is 0.611. The number of benzene rings is 1. The summed E-state index contributed by atoms with van der Waals surface area (Å²) in [5.74, 6) is -0.292. The molecule has 24 heavy (non-hydrogen) atoms. The molecule has 0 aromatic heterocycles. The number of sulfonamides is 1. The van der Waals surface area contributed by atoms with Gasteiger partial charge in [-0.2, -0.15) is 4.31 Å². The third kappa shape index (κ3) is 5.05. The van der Waals surface area contributed by atoms with E-state index < -0.39 is 10.0 Å². The smallest absolute Gasteiger partial charge is 0.251 e. The zero-order valence-electron chi connectivity index (χ0n) is 14.6. The van der Waals surface area contributed by atoms with Crippen molar-refractivity contribution < 1.29 is 13.2 Å². The molecule has 0 unspecified atom stereocenters. The maximum absolute atomic E-state index is 12.8. The summed E-state index contributed by atoms with van der Waals surface area (Å²) in [5.41, 5.74) is 0.544. The molecule has 1 aromatic carbocycles. The summed E-state index contributed by atoms with van der Waals surface area (Å²) in [6, 6.07) is 8.89. The highest BCUT2D eigenvalue weighted by Crippen LogP contribution is 2.26. The van der Waals surface area contributed by atoms with Gasteiger partial charge in [0.1, 0.15) is 0 Å². The number of nitrogens with zero attached hydrogens (tertiary/aromatic N) is 1. The molecule has 5 nitrogen and oxygen atoms in total. The van der Waals surface area contributed by atoms with Crippen LogP contribution < -0.4 is 5.32 Å². The third-order valence-electron chi connectivity index (χ3n) is 4.45. The van der Waals surface area contributed by atoms with Crippen molar-refractivity contribution >= 4 is 15.9 Å². The largest absolute Gasteiger partial charge is 0.351 e. The van der Waals surface area contributed by atoms with Crippen molar-refractivity contribution in [1.82, 2.24) is 9.62 Å². The molecule has 1 aliphatic carbocycles. The van der Waals surface area contributed by atoms with Gasteiger partial charge in [-0.25, -0.2) is 8.42 Å². The van der Waals surface area contributed by atoms with E-state index in [9.17, 15) is 13.2 Å². The average Bonchev–Trinajstić information content (AvgIpc) is 2.55. The summed E-state index contributed by atoms with van der Waals surface area (Å²) >= 11 is 0. The summed E-state index contributed by atoms with van der Waals surface area (Å²) in [7, 11) is -3.38. The number of carbonyl (C=O) groups is 1. The van der Waals surface area contributed by atoms with Crippen LogP contribution in [-0.2, 0) is 10.0 Å². The first kappa shape index (κ1) is 18.9. The second-order valence-electron chi connectivity index (χ2n) is 6.65. The van der Waals surface area contributed by atoms with Gasteiger partial charge in [-0.3, -0.25) is 4.79 Å². The second-order valence-corrected chi connectivity index (χ2v) is 8.65. The molecule has 1 N–H and O–H groups in total. The number of rotatable bonds is 7. The number of amides is 1. The van der Waals surface area contributed by atoms with Gasteiger partial charge in [-0.15, -0.1) is 0 Å². The van der Waals surface area contributed by atoms with E-state index in [0.717, 1.165) is 25.7 Å². The van der Waals surface area contributed by atoms with Crippen molar-refractivity contribution in [1.29, 1.82) is 0 Å². The Hall–Kier alpha value is -1.40. The van der Waals surface area contributed by atoms with Gasteiger partial charge in [0, 0.05) is 24.2 Å². The molecule has 0 spiro atoms. The van der Waals surface area contributed by atoms with Crippen molar-refractivity contribution in [2.75, 3.05) is 12.3 Å². The van der Waals surface area contributed by atoms with Gasteiger partial charge in [-0.05, 0) is 38.8 Å². The lowest BCUT2D eigenvalue weighted by atomic mass is 9.95. The molecule has 1 amide bonds. The van der Waals surface area contributed by atoms with Crippen LogP contribution in [0.3, 0.4) is 0 Å². The van der Waals surface area contributed by atoms with E-state index in [-0.39, 0.29) is 30.3 Å². The minimum absolute atomic E-state index is 0.0528. The second kappa shape index (κ2) is 8.62. The quantitative estimate of drug-likeness (QED) is 0.820. The lowest BCUT2D eigenvalue weighted by Crippen LogP contribution is -2.48. The molecule has 0 saturated heterocycles. The Morgan fingerprint density at radius 3 is 2.38 bits per heavy atom. The summed E-state index contributed by atoms with van der Waals surface area (Å²) in [6.45, 7) is 3.98. The van der Waals surface area contributed by atoms with E-state index in [0.29, 0.717) is 5.56 Å². The number of carbonyl (C=O) groups excluding carboxylic acids is 1. The molecule has 2 rings (SSSR count). The molecule has 0 bridgehead atoms. The molecule has 1 fully saturated rings. The normalized spacial score (nSPS) is 16.5. The van der Waals surface area contributed by atoms with Gasteiger partial charge in [0.05, 0.1) is 5.75 Å². The Morgan fingerprint density at radius 2 is 1.79 bits per heavy atom. The number of hydrogen-bond acceptors (Lipinski definition) is 3. The zero-order chi connectivity index (χ0) is 17.6. The summed E-state index contributed by atoms with van der Waals surface area (Å²) in [4.78, 5) is 12.0. The summed E-state index contributed by atoms with van der Waals surface area (Å²) in [6.07, 6.45) is 5.25. The Labute approximate surface area is 145 Å². The maximum atomic E-state index is 12.8. The van der Waals surface area contributed by atoms with Crippen molar-refractivity contribution in [3.8, 4) is 0 Å². The zero-order valence-corrected chi connectivity index (χ0v) is 15.4. The van der Waals surface area contributed by atoms with Crippen LogP contribution in [0.4, 0.5) is 0 Å². The molecular weight excluding hydrogens is 324 g/mol. The van der Waals surface area contributed by atoms with E-state index in [2.05, 4.69) is 5.32 Å². The van der Waals surface area contributed by atoms with Gasteiger partial charge in [0.25, 0.3) is 5.91 Å². The Kier molecular flexibility index (Phi) is 6.80. The predicted octanol–water partition coefficient (Wildman–Crippen LogP) is 2.79. The molecular formula is C18H28N2O3S. The number of hydrogen-bond donors (Lipinski definition) is 1. The molecule has 0 heterocycles. The van der Waals surface area contributed by atoms with Gasteiger partial charge < -0.3 is 5.32 Å². The molecule has 6 heteroatoms. The fourth-order valence-corrected chi connectivity index (χ4v) is 5.27. The monoisotopic (exact) mass is 352 g/mol. The topological polar surface area (TPSA) is 66.5 Å². The Bertz CT molecular complexity index is 623. The van der Waals surface area contributed by atoms with Crippen molar-refractivity contribution in [2.45, 2.75) is 58.0 Å². The van der Waals surface area contributed by atoms with Crippen LogP contribution in [0.25, 0.3) is 0 Å². The average molecular weight is 353 g/mol. The lowest BCUT2D eigenvalue weighted by molar-refractivity contribution is 0.0956. The van der Waals surface area contributed by atoms with Gasteiger partial charge >= 0.3 is 0 Å². The van der Waals surface area contributed by atoms with Crippen molar-refractivity contribution in [3.63, 3.8) is 0 Å². The van der Waals surface area contributed by atoms with Crippen LogP contribution in [0.1, 0.15) is 56.3 Å². The SMILES string of the molecule is CC(C)N(C1CCCCC1)S(=O)(=O)CCNC(=O)c1ccccc1. The fourth-order valence-electron chi connectivity index (χ4n) is 3.40. The highest BCUT2D eigenvalue weighted by molar-refractivity contribution is 7.89. The summed E-state index contributed by atoms with van der Waals surface area (Å²) in [5, 5.41) is 2.71. The van der Waals surface area contributed by atoms with E-state index in [1.807, 2.05) is 19.9 Å². The van der Waals surface area contributed by atoms with Crippen LogP contribution in [0.5, 0.6) is 0 Å². The maximum Gasteiger partial charge on any atom is 0.251 e. The molecule has 0 radical (unpaired) electrons. The Balaban J connectivity index is 1.94. The minimum atomic E-state index is -3.38. The molecule has 134 valence electrons. The van der Waals surface area contributed by atoms with Crippen molar-refractivity contribution in [3.05, 3.63) is 35.9 Å². The Morgan fingerprint density at radius 1 is 1.17 bits per heavy atom. The van der Waals surface area contributed by atoms with Crippen LogP contribution in [0.2, 0.25) is 0 Å². The van der Waals surface area contributed by atoms with Crippen LogP contribution in [0.15, 0.2) is 30.3 Å². The van der Waals surface area contributed by atoms with Crippen molar-refractivity contribution in [2.24, 2.45) is 0 Å². The van der Waals surface area contributed by atoms with Gasteiger partial charge in [0.2, 0.25) is 10.0 Å². The molecule has 1 aromatic rings. The molecule has 0 atom stereocenters. The predicted molar refractivity (Wildman–Crippen MR) is 96.4 cm³/mol. The van der Waals surface area contributed by atoms with E-state index in [1.165, 1.54) is 6.42 Å². The highest BCUT2D eigenvalue weighted by Gasteiger charge is 2.32. The van der Waals surface area contributed by atoms with Crippen LogP contribution >= 0.6 is 0 Å². The van der Waals surface area contributed by atoms with Gasteiger partial charge in [-0.1, -0.05) is 37.5 Å². The van der Waals surface area contributed by atoms with Gasteiger partial charge in [0.15, 0.2) is 0 Å². The first-order valence-electron chi connectivity index (χ1n) is 8.76. The van der Waals surface area contributed by atoms with E-state index in [1.54, 1.807) is 28.6 Å². The van der Waals surface area contributed by atoms with Crippen LogP contribution in [-0.4, -0.2) is 43.0 Å². The third-order valence-corrected chi connectivity index (χ3v) is 6.53. The molecule has 1 aliphatic rings. The molecule has 0 aliphatic heterocycles. The van der Waals surface area contributed by atoms with E-state index >= 15 is 0 Å². The first-order chi connectivity index (χ1) is 11.4. The van der Waals surface area contributed by atoms with E-state index in [4.69, 9.17) is 0 Å². The lowest BCUT2D eigenvalue weighted by Gasteiger charge is -2.36. The summed E-state index contributed by atoms with van der Waals surface area (Å²) < 4.78 is 27.2. The van der Waals surface area contributed by atoms with Crippen LogP contribution in [0, 0.1) is 0 Å². The highest BCUT2D eigenvalue weighted by atomic mass is 32.2. The molecule has 1 saturated carbocycles. The number of nitrogens with one attached hydrogen (secondary N) is 1.